The molecular weight excluding hydrogens is 416 g/mol. The quantitative estimate of drug-likeness (QED) is 0.786. The molecule has 0 fully saturated rings. The van der Waals surface area contributed by atoms with Crippen molar-refractivity contribution >= 4 is 58.9 Å². The van der Waals surface area contributed by atoms with Crippen LogP contribution in [0.3, 0.4) is 0 Å². The molecule has 1 aromatic heterocycles. The number of benzene rings is 1. The molecule has 3 N–H and O–H groups in total. The van der Waals surface area contributed by atoms with Gasteiger partial charge in [0.25, 0.3) is 10.0 Å². The van der Waals surface area contributed by atoms with Gasteiger partial charge in [-0.15, -0.1) is 11.3 Å². The Hall–Kier alpha value is -0.410. The number of rotatable bonds is 4. The monoisotopic (exact) mass is 424 g/mol. The van der Waals surface area contributed by atoms with Crippen molar-refractivity contribution in [2.24, 2.45) is 5.73 Å². The molecule has 0 aliphatic carbocycles. The van der Waals surface area contributed by atoms with E-state index in [1.54, 1.807) is 24.3 Å². The highest BCUT2D eigenvalue weighted by molar-refractivity contribution is 9.12. The fraction of sp³-hybridized carbons (Fsp3) is 0.0909. The first kappa shape index (κ1) is 15.0. The summed E-state index contributed by atoms with van der Waals surface area (Å²) in [6, 6.07) is 8.57. The van der Waals surface area contributed by atoms with Crippen molar-refractivity contribution in [2.45, 2.75) is 11.4 Å². The number of thiophene rings is 1. The van der Waals surface area contributed by atoms with Crippen LogP contribution < -0.4 is 10.5 Å². The lowest BCUT2D eigenvalue weighted by Crippen LogP contribution is -2.13. The lowest BCUT2D eigenvalue weighted by molar-refractivity contribution is 0.601. The van der Waals surface area contributed by atoms with Gasteiger partial charge in [0.2, 0.25) is 0 Å². The van der Waals surface area contributed by atoms with Gasteiger partial charge < -0.3 is 5.73 Å². The Labute approximate surface area is 132 Å². The van der Waals surface area contributed by atoms with Crippen molar-refractivity contribution in [3.05, 3.63) is 43.5 Å². The van der Waals surface area contributed by atoms with Gasteiger partial charge >= 0.3 is 0 Å². The molecule has 102 valence electrons. The first-order valence-corrected chi connectivity index (χ1v) is 9.07. The van der Waals surface area contributed by atoms with Crippen LogP contribution in [0.2, 0.25) is 0 Å². The fourth-order valence-electron chi connectivity index (χ4n) is 1.48. The maximum atomic E-state index is 12.2. The van der Waals surface area contributed by atoms with Gasteiger partial charge in [0.15, 0.2) is 0 Å². The number of hydrogen-bond acceptors (Lipinski definition) is 4. The van der Waals surface area contributed by atoms with Crippen LogP contribution in [0.4, 0.5) is 5.69 Å². The number of hydrogen-bond donors (Lipinski definition) is 2. The average Bonchev–Trinajstić information content (AvgIpc) is 2.69. The van der Waals surface area contributed by atoms with Gasteiger partial charge in [-0.05, 0) is 55.6 Å². The Balaban J connectivity index is 2.33. The summed E-state index contributed by atoms with van der Waals surface area (Å²) < 4.78 is 28.3. The highest BCUT2D eigenvalue weighted by atomic mass is 79.9. The number of nitrogens with two attached hydrogens (primary N) is 1. The van der Waals surface area contributed by atoms with Gasteiger partial charge in [0, 0.05) is 12.2 Å². The lowest BCUT2D eigenvalue weighted by Gasteiger charge is -2.08. The number of anilines is 1. The van der Waals surface area contributed by atoms with Crippen LogP contribution >= 0.6 is 43.2 Å². The Morgan fingerprint density at radius 2 is 2.00 bits per heavy atom. The van der Waals surface area contributed by atoms with Crippen LogP contribution in [0.5, 0.6) is 0 Å². The summed E-state index contributed by atoms with van der Waals surface area (Å²) in [4.78, 5) is 0.211. The van der Waals surface area contributed by atoms with E-state index in [9.17, 15) is 8.42 Å². The summed E-state index contributed by atoms with van der Waals surface area (Å²) in [5.74, 6) is 0. The second-order valence-corrected chi connectivity index (χ2v) is 9.10. The van der Waals surface area contributed by atoms with E-state index in [0.29, 0.717) is 16.0 Å². The predicted molar refractivity (Wildman–Crippen MR) is 84.9 cm³/mol. The highest BCUT2D eigenvalue weighted by Crippen LogP contribution is 2.35. The number of sulfonamides is 1. The molecule has 0 bridgehead atoms. The fourth-order valence-corrected chi connectivity index (χ4v) is 6.34. The molecule has 0 unspecified atom stereocenters. The van der Waals surface area contributed by atoms with E-state index in [0.717, 1.165) is 9.35 Å². The maximum absolute atomic E-state index is 12.2. The summed E-state index contributed by atoms with van der Waals surface area (Å²) in [5, 5.41) is 0. The highest BCUT2D eigenvalue weighted by Gasteiger charge is 2.20. The van der Waals surface area contributed by atoms with Crippen LogP contribution in [0, 0.1) is 0 Å². The van der Waals surface area contributed by atoms with Crippen LogP contribution in [0.15, 0.2) is 42.8 Å². The second-order valence-electron chi connectivity index (χ2n) is 3.70. The zero-order valence-corrected chi connectivity index (χ0v) is 14.4. The molecular formula is C11H10Br2N2O2S2. The summed E-state index contributed by atoms with van der Waals surface area (Å²) in [6.07, 6.45) is 0. The topological polar surface area (TPSA) is 72.2 Å². The van der Waals surface area contributed by atoms with Gasteiger partial charge in [0.1, 0.15) is 4.90 Å². The van der Waals surface area contributed by atoms with E-state index in [2.05, 4.69) is 36.6 Å². The molecule has 0 saturated carbocycles. The van der Waals surface area contributed by atoms with Crippen molar-refractivity contribution in [1.29, 1.82) is 0 Å². The summed E-state index contributed by atoms with van der Waals surface area (Å²) >= 11 is 7.82. The number of halogens is 2. The van der Waals surface area contributed by atoms with Crippen molar-refractivity contribution < 1.29 is 8.42 Å². The third-order valence-corrected chi connectivity index (χ3v) is 6.47. The van der Waals surface area contributed by atoms with Gasteiger partial charge in [-0.25, -0.2) is 8.42 Å². The molecule has 2 aromatic rings. The first-order valence-electron chi connectivity index (χ1n) is 5.19. The zero-order valence-electron chi connectivity index (χ0n) is 9.56. The van der Waals surface area contributed by atoms with E-state index in [4.69, 9.17) is 5.73 Å². The van der Waals surface area contributed by atoms with Crippen LogP contribution in [-0.4, -0.2) is 8.42 Å². The van der Waals surface area contributed by atoms with Crippen molar-refractivity contribution in [3.8, 4) is 0 Å². The van der Waals surface area contributed by atoms with E-state index in [-0.39, 0.29) is 4.90 Å². The normalized spacial score (nSPS) is 11.5. The standard InChI is InChI=1S/C11H10Br2N2O2S2/c12-10-5-9(11(13)18-10)19(16,17)15-8-3-1-2-7(4-8)6-14/h1-5,15H,6,14H2. The molecule has 1 aromatic carbocycles. The van der Waals surface area contributed by atoms with Crippen molar-refractivity contribution in [3.63, 3.8) is 0 Å². The molecule has 1 heterocycles. The molecule has 0 aliphatic rings. The Bertz CT molecular complexity index is 698. The van der Waals surface area contributed by atoms with E-state index in [1.165, 1.54) is 11.3 Å². The molecule has 0 amide bonds. The lowest BCUT2D eigenvalue weighted by atomic mass is 10.2. The molecule has 0 radical (unpaired) electrons. The average molecular weight is 426 g/mol. The zero-order chi connectivity index (χ0) is 14.0. The van der Waals surface area contributed by atoms with Crippen molar-refractivity contribution in [2.75, 3.05) is 4.72 Å². The third kappa shape index (κ3) is 3.57. The molecule has 19 heavy (non-hydrogen) atoms. The van der Waals surface area contributed by atoms with Gasteiger partial charge in [0.05, 0.1) is 7.57 Å². The molecule has 0 atom stereocenters. The molecule has 0 saturated heterocycles. The summed E-state index contributed by atoms with van der Waals surface area (Å²) in [7, 11) is -3.61. The Kier molecular flexibility index (Phi) is 4.67. The van der Waals surface area contributed by atoms with Gasteiger partial charge in [-0.1, -0.05) is 12.1 Å². The van der Waals surface area contributed by atoms with Crippen LogP contribution in [0.1, 0.15) is 5.56 Å². The Morgan fingerprint density at radius 3 is 2.58 bits per heavy atom. The van der Waals surface area contributed by atoms with Gasteiger partial charge in [-0.2, -0.15) is 0 Å². The second kappa shape index (κ2) is 5.92. The minimum Gasteiger partial charge on any atom is -0.326 e. The Morgan fingerprint density at radius 1 is 1.26 bits per heavy atom. The van der Waals surface area contributed by atoms with Crippen molar-refractivity contribution in [1.82, 2.24) is 0 Å². The third-order valence-electron chi connectivity index (χ3n) is 2.33. The van der Waals surface area contributed by atoms with Crippen LogP contribution in [0.25, 0.3) is 0 Å². The minimum absolute atomic E-state index is 0.211. The summed E-state index contributed by atoms with van der Waals surface area (Å²) in [5.41, 5.74) is 6.90. The van der Waals surface area contributed by atoms with E-state index < -0.39 is 10.0 Å². The molecule has 0 aliphatic heterocycles. The molecule has 8 heteroatoms. The van der Waals surface area contributed by atoms with Crippen LogP contribution in [-0.2, 0) is 16.6 Å². The molecule has 4 nitrogen and oxygen atoms in total. The predicted octanol–water partition coefficient (Wildman–Crippen LogP) is 3.53. The first-order chi connectivity index (χ1) is 8.92. The maximum Gasteiger partial charge on any atom is 0.263 e. The van der Waals surface area contributed by atoms with E-state index in [1.807, 2.05) is 6.07 Å². The summed E-state index contributed by atoms with van der Waals surface area (Å²) in [6.45, 7) is 0.364. The largest absolute Gasteiger partial charge is 0.326 e. The minimum atomic E-state index is -3.61. The molecule has 0 spiro atoms. The molecule has 2 rings (SSSR count). The van der Waals surface area contributed by atoms with Gasteiger partial charge in [-0.3, -0.25) is 4.72 Å². The SMILES string of the molecule is NCc1cccc(NS(=O)(=O)c2cc(Br)sc2Br)c1. The number of nitrogens with one attached hydrogen (secondary N) is 1. The van der Waals surface area contributed by atoms with E-state index >= 15 is 0 Å². The smallest absolute Gasteiger partial charge is 0.263 e.